The number of hydrogen-bond acceptors (Lipinski definition) is 3. The van der Waals surface area contributed by atoms with Gasteiger partial charge in [0.1, 0.15) is 0 Å². The molecule has 5 heteroatoms. The summed E-state index contributed by atoms with van der Waals surface area (Å²) in [4.78, 5) is 12.4. The maximum atomic E-state index is 12.4. The Kier molecular flexibility index (Phi) is 3.20. The van der Waals surface area contributed by atoms with E-state index >= 15 is 0 Å². The highest BCUT2D eigenvalue weighted by Crippen LogP contribution is 2.38. The van der Waals surface area contributed by atoms with Crippen molar-refractivity contribution in [2.75, 3.05) is 0 Å². The van der Waals surface area contributed by atoms with E-state index in [1.807, 2.05) is 35.7 Å². The second-order valence-electron chi connectivity index (χ2n) is 5.95. The van der Waals surface area contributed by atoms with E-state index in [1.54, 1.807) is 0 Å². The van der Waals surface area contributed by atoms with Gasteiger partial charge in [-0.3, -0.25) is 9.20 Å². The number of carbonyl (C=O) groups excluding carboxylic acids is 1. The Labute approximate surface area is 118 Å². The van der Waals surface area contributed by atoms with Gasteiger partial charge in [-0.2, -0.15) is 0 Å². The molecule has 2 heterocycles. The van der Waals surface area contributed by atoms with Crippen molar-refractivity contribution in [1.29, 1.82) is 0 Å². The monoisotopic (exact) mass is 272 g/mol. The second-order valence-corrected chi connectivity index (χ2v) is 5.95. The third kappa shape index (κ3) is 2.17. The number of pyridine rings is 1. The van der Waals surface area contributed by atoms with Crippen LogP contribution in [0.1, 0.15) is 51.4 Å². The molecule has 1 aliphatic rings. The number of amides is 1. The van der Waals surface area contributed by atoms with E-state index in [0.29, 0.717) is 0 Å². The molecule has 2 aromatic heterocycles. The maximum Gasteiger partial charge on any atom is 0.226 e. The third-order valence-corrected chi connectivity index (χ3v) is 4.33. The highest BCUT2D eigenvalue weighted by atomic mass is 16.2. The lowest BCUT2D eigenvalue weighted by Gasteiger charge is -2.24. The van der Waals surface area contributed by atoms with Crippen molar-refractivity contribution in [2.24, 2.45) is 5.41 Å². The molecule has 3 rings (SSSR count). The van der Waals surface area contributed by atoms with Gasteiger partial charge in [-0.05, 0) is 31.9 Å². The van der Waals surface area contributed by atoms with Crippen LogP contribution in [-0.4, -0.2) is 20.5 Å². The van der Waals surface area contributed by atoms with E-state index in [9.17, 15) is 4.79 Å². The standard InChI is InChI=1S/C15H20N4O/c1-11(16-14(20)15(2)8-4-5-9-15)13-18-17-12-7-3-6-10-19(12)13/h3,6-7,10-11H,4-5,8-9H2,1-2H3,(H,16,20). The molecule has 0 saturated heterocycles. The molecule has 2 aromatic rings. The number of nitrogens with zero attached hydrogens (tertiary/aromatic N) is 3. The van der Waals surface area contributed by atoms with Crippen molar-refractivity contribution < 1.29 is 4.79 Å². The summed E-state index contributed by atoms with van der Waals surface area (Å²) in [7, 11) is 0. The fourth-order valence-corrected chi connectivity index (χ4v) is 2.97. The second kappa shape index (κ2) is 4.89. The van der Waals surface area contributed by atoms with Crippen LogP contribution >= 0.6 is 0 Å². The summed E-state index contributed by atoms with van der Waals surface area (Å²) >= 11 is 0. The minimum atomic E-state index is -0.214. The molecule has 0 aromatic carbocycles. The van der Waals surface area contributed by atoms with Gasteiger partial charge >= 0.3 is 0 Å². The fraction of sp³-hybridized carbons (Fsp3) is 0.533. The molecule has 1 aliphatic carbocycles. The summed E-state index contributed by atoms with van der Waals surface area (Å²) in [6.45, 7) is 4.02. The number of carbonyl (C=O) groups is 1. The lowest BCUT2D eigenvalue weighted by molar-refractivity contribution is -0.130. The molecule has 1 N–H and O–H groups in total. The Morgan fingerprint density at radius 2 is 2.10 bits per heavy atom. The van der Waals surface area contributed by atoms with Crippen molar-refractivity contribution >= 4 is 11.6 Å². The van der Waals surface area contributed by atoms with Gasteiger partial charge in [0.15, 0.2) is 11.5 Å². The molecule has 1 fully saturated rings. The zero-order valence-corrected chi connectivity index (χ0v) is 12.0. The number of nitrogens with one attached hydrogen (secondary N) is 1. The molecule has 0 spiro atoms. The molecule has 0 aliphatic heterocycles. The number of aromatic nitrogens is 3. The predicted molar refractivity (Wildman–Crippen MR) is 76.1 cm³/mol. The topological polar surface area (TPSA) is 59.3 Å². The van der Waals surface area contributed by atoms with Crippen LogP contribution in [0.15, 0.2) is 24.4 Å². The SMILES string of the molecule is CC(NC(=O)C1(C)CCCC1)c1nnc2ccccn12. The van der Waals surface area contributed by atoms with E-state index in [4.69, 9.17) is 0 Å². The smallest absolute Gasteiger partial charge is 0.226 e. The summed E-state index contributed by atoms with van der Waals surface area (Å²) in [6.07, 6.45) is 6.17. The van der Waals surface area contributed by atoms with Crippen LogP contribution < -0.4 is 5.32 Å². The fourth-order valence-electron chi connectivity index (χ4n) is 2.97. The van der Waals surface area contributed by atoms with Crippen LogP contribution in [0.2, 0.25) is 0 Å². The van der Waals surface area contributed by atoms with E-state index < -0.39 is 0 Å². The highest BCUT2D eigenvalue weighted by molar-refractivity contribution is 5.82. The van der Waals surface area contributed by atoms with Crippen molar-refractivity contribution in [3.05, 3.63) is 30.2 Å². The van der Waals surface area contributed by atoms with Crippen LogP contribution in [0.5, 0.6) is 0 Å². The minimum Gasteiger partial charge on any atom is -0.346 e. The van der Waals surface area contributed by atoms with E-state index in [1.165, 1.54) is 0 Å². The first-order valence-corrected chi connectivity index (χ1v) is 7.21. The molecule has 1 saturated carbocycles. The van der Waals surface area contributed by atoms with Crippen molar-refractivity contribution in [2.45, 2.75) is 45.6 Å². The van der Waals surface area contributed by atoms with Gasteiger partial charge in [-0.15, -0.1) is 10.2 Å². The molecule has 1 amide bonds. The van der Waals surface area contributed by atoms with Crippen molar-refractivity contribution in [3.8, 4) is 0 Å². The summed E-state index contributed by atoms with van der Waals surface area (Å²) < 4.78 is 1.92. The Balaban J connectivity index is 1.79. The molecule has 20 heavy (non-hydrogen) atoms. The molecule has 0 radical (unpaired) electrons. The van der Waals surface area contributed by atoms with E-state index in [2.05, 4.69) is 22.4 Å². The van der Waals surface area contributed by atoms with E-state index in [-0.39, 0.29) is 17.4 Å². The Morgan fingerprint density at radius 1 is 1.35 bits per heavy atom. The first-order valence-electron chi connectivity index (χ1n) is 7.21. The van der Waals surface area contributed by atoms with Gasteiger partial charge < -0.3 is 5.32 Å². The van der Waals surface area contributed by atoms with Gasteiger partial charge in [0, 0.05) is 11.6 Å². The Bertz CT molecular complexity index is 628. The molecule has 106 valence electrons. The van der Waals surface area contributed by atoms with Gasteiger partial charge in [-0.25, -0.2) is 0 Å². The van der Waals surface area contributed by atoms with Crippen LogP contribution in [0.25, 0.3) is 5.65 Å². The lowest BCUT2D eigenvalue weighted by Crippen LogP contribution is -2.39. The predicted octanol–water partition coefficient (Wildman–Crippen LogP) is 2.49. The summed E-state index contributed by atoms with van der Waals surface area (Å²) in [6, 6.07) is 5.63. The van der Waals surface area contributed by atoms with Crippen LogP contribution in [0.4, 0.5) is 0 Å². The molecule has 1 atom stereocenters. The maximum absolute atomic E-state index is 12.4. The van der Waals surface area contributed by atoms with Crippen molar-refractivity contribution in [1.82, 2.24) is 19.9 Å². The van der Waals surface area contributed by atoms with E-state index in [0.717, 1.165) is 37.2 Å². The molecule has 5 nitrogen and oxygen atoms in total. The average molecular weight is 272 g/mol. The van der Waals surface area contributed by atoms with Gasteiger partial charge in [0.2, 0.25) is 5.91 Å². The summed E-state index contributed by atoms with van der Waals surface area (Å²) in [5.41, 5.74) is 0.588. The zero-order chi connectivity index (χ0) is 14.2. The largest absolute Gasteiger partial charge is 0.346 e. The highest BCUT2D eigenvalue weighted by Gasteiger charge is 2.37. The summed E-state index contributed by atoms with van der Waals surface area (Å²) in [5.74, 6) is 0.908. The van der Waals surface area contributed by atoms with Gasteiger partial charge in [-0.1, -0.05) is 25.8 Å². The minimum absolute atomic E-state index is 0.134. The van der Waals surface area contributed by atoms with Crippen LogP contribution in [0, 0.1) is 5.41 Å². The van der Waals surface area contributed by atoms with Crippen LogP contribution in [0.3, 0.4) is 0 Å². The number of rotatable bonds is 3. The Morgan fingerprint density at radius 3 is 2.85 bits per heavy atom. The van der Waals surface area contributed by atoms with Gasteiger partial charge in [0.25, 0.3) is 0 Å². The van der Waals surface area contributed by atoms with Crippen molar-refractivity contribution in [3.63, 3.8) is 0 Å². The number of fused-ring (bicyclic) bond motifs is 1. The lowest BCUT2D eigenvalue weighted by atomic mass is 9.87. The normalized spacial score (nSPS) is 19.1. The molecule has 0 bridgehead atoms. The quantitative estimate of drug-likeness (QED) is 0.933. The first kappa shape index (κ1) is 13.1. The van der Waals surface area contributed by atoms with Crippen LogP contribution in [-0.2, 0) is 4.79 Å². The average Bonchev–Trinajstić information content (AvgIpc) is 3.05. The zero-order valence-electron chi connectivity index (χ0n) is 12.0. The summed E-state index contributed by atoms with van der Waals surface area (Å²) in [5, 5.41) is 11.4. The number of hydrogen-bond donors (Lipinski definition) is 1. The Hall–Kier alpha value is -1.91. The van der Waals surface area contributed by atoms with Gasteiger partial charge in [0.05, 0.1) is 6.04 Å². The molecular formula is C15H20N4O. The third-order valence-electron chi connectivity index (χ3n) is 4.33. The molecule has 1 unspecified atom stereocenters. The first-order chi connectivity index (χ1) is 9.60. The molecular weight excluding hydrogens is 252 g/mol.